The van der Waals surface area contributed by atoms with E-state index in [1.54, 1.807) is 0 Å². The predicted molar refractivity (Wildman–Crippen MR) is 70.8 cm³/mol. The van der Waals surface area contributed by atoms with Crippen molar-refractivity contribution < 1.29 is 13.2 Å². The molecule has 2 rings (SSSR count). The molecule has 1 aromatic heterocycles. The van der Waals surface area contributed by atoms with Gasteiger partial charge < -0.3 is 4.98 Å². The molecule has 0 saturated carbocycles. The number of carbonyl (C=O) groups is 1. The highest BCUT2D eigenvalue weighted by molar-refractivity contribution is 7.92. The second kappa shape index (κ2) is 4.53. The van der Waals surface area contributed by atoms with Gasteiger partial charge in [0.05, 0.1) is 11.4 Å². The largest absolute Gasteiger partial charge is 0.356 e. The van der Waals surface area contributed by atoms with Crippen molar-refractivity contribution in [2.75, 3.05) is 5.75 Å². The molecule has 1 saturated heterocycles. The summed E-state index contributed by atoms with van der Waals surface area (Å²) in [4.78, 5) is 15.4. The molecule has 0 aliphatic carbocycles. The summed E-state index contributed by atoms with van der Waals surface area (Å²) < 4.78 is 23.9. The maximum atomic E-state index is 12.4. The number of carbonyl (C=O) groups excluding carboxylic acids is 1. The lowest BCUT2D eigenvalue weighted by Crippen LogP contribution is -2.36. The smallest absolute Gasteiger partial charge is 0.197 e. The van der Waals surface area contributed by atoms with E-state index in [0.717, 1.165) is 23.2 Å². The Bertz CT molecular complexity index is 584. The first kappa shape index (κ1) is 13.3. The fraction of sp³-hybridized carbons (Fsp3) is 0.615. The number of rotatable bonds is 2. The molecule has 1 N–H and O–H groups in total. The molecule has 0 bridgehead atoms. The van der Waals surface area contributed by atoms with Crippen LogP contribution in [0.4, 0.5) is 0 Å². The second-order valence-electron chi connectivity index (χ2n) is 5.09. The number of ketones is 1. The van der Waals surface area contributed by atoms with Crippen molar-refractivity contribution in [1.82, 2.24) is 4.98 Å². The van der Waals surface area contributed by atoms with Crippen molar-refractivity contribution in [3.63, 3.8) is 0 Å². The van der Waals surface area contributed by atoms with Gasteiger partial charge in [0.25, 0.3) is 0 Å². The number of aryl methyl sites for hydroxylation is 1. The van der Waals surface area contributed by atoms with Crippen molar-refractivity contribution >= 4 is 15.6 Å². The van der Waals surface area contributed by atoms with Gasteiger partial charge in [-0.2, -0.15) is 0 Å². The molecule has 1 aliphatic heterocycles. The molecule has 0 radical (unpaired) electrons. The summed E-state index contributed by atoms with van der Waals surface area (Å²) >= 11 is 0. The number of nitrogens with one attached hydrogen (secondary N) is 1. The summed E-state index contributed by atoms with van der Waals surface area (Å²) in [6, 6.07) is 0. The third-order valence-electron chi connectivity index (χ3n) is 3.93. The minimum atomic E-state index is -3.26. The van der Waals surface area contributed by atoms with E-state index < -0.39 is 15.1 Å². The third kappa shape index (κ3) is 2.11. The van der Waals surface area contributed by atoms with Crippen LogP contribution in [0.15, 0.2) is 0 Å². The lowest BCUT2D eigenvalue weighted by atomic mass is 10.0. The number of hydrogen-bond acceptors (Lipinski definition) is 3. The summed E-state index contributed by atoms with van der Waals surface area (Å²) in [5.41, 5.74) is 3.31. The van der Waals surface area contributed by atoms with Gasteiger partial charge in [-0.3, -0.25) is 4.79 Å². The van der Waals surface area contributed by atoms with Crippen LogP contribution in [0.5, 0.6) is 0 Å². The van der Waals surface area contributed by atoms with Crippen molar-refractivity contribution in [2.45, 2.75) is 45.3 Å². The van der Waals surface area contributed by atoms with Gasteiger partial charge in [0, 0.05) is 5.69 Å². The molecular formula is C13H19NO3S. The molecule has 18 heavy (non-hydrogen) atoms. The quantitative estimate of drug-likeness (QED) is 0.836. The first-order valence-corrected chi connectivity index (χ1v) is 7.97. The van der Waals surface area contributed by atoms with E-state index in [0.29, 0.717) is 18.5 Å². The van der Waals surface area contributed by atoms with E-state index in [1.807, 2.05) is 20.8 Å². The molecular weight excluding hydrogens is 250 g/mol. The Labute approximate surface area is 108 Å². The van der Waals surface area contributed by atoms with Gasteiger partial charge in [-0.1, -0.05) is 6.42 Å². The van der Waals surface area contributed by atoms with E-state index in [9.17, 15) is 13.2 Å². The van der Waals surface area contributed by atoms with Crippen LogP contribution in [0.2, 0.25) is 0 Å². The number of aromatic nitrogens is 1. The first-order valence-electron chi connectivity index (χ1n) is 6.26. The molecule has 0 amide bonds. The molecule has 1 fully saturated rings. The Morgan fingerprint density at radius 2 is 1.83 bits per heavy atom. The maximum absolute atomic E-state index is 12.4. The lowest BCUT2D eigenvalue weighted by Gasteiger charge is -2.20. The van der Waals surface area contributed by atoms with Crippen LogP contribution >= 0.6 is 0 Å². The van der Waals surface area contributed by atoms with Gasteiger partial charge in [0.1, 0.15) is 5.25 Å². The van der Waals surface area contributed by atoms with Crippen molar-refractivity contribution in [3.8, 4) is 0 Å². The van der Waals surface area contributed by atoms with Gasteiger partial charge in [0.2, 0.25) is 0 Å². The lowest BCUT2D eigenvalue weighted by molar-refractivity contribution is 0.0976. The predicted octanol–water partition coefficient (Wildman–Crippen LogP) is 2.09. The molecule has 4 nitrogen and oxygen atoms in total. The number of aromatic amines is 1. The maximum Gasteiger partial charge on any atom is 0.197 e. The van der Waals surface area contributed by atoms with Gasteiger partial charge in [-0.15, -0.1) is 0 Å². The van der Waals surface area contributed by atoms with Gasteiger partial charge in [-0.25, -0.2) is 8.42 Å². The van der Waals surface area contributed by atoms with Gasteiger partial charge >= 0.3 is 0 Å². The SMILES string of the molecule is Cc1[nH]c(C(=O)C2CCCCS2(=O)=O)c(C)c1C. The van der Waals surface area contributed by atoms with E-state index >= 15 is 0 Å². The number of H-pyrrole nitrogens is 1. The fourth-order valence-corrected chi connectivity index (χ4v) is 4.36. The Morgan fingerprint density at radius 1 is 1.17 bits per heavy atom. The van der Waals surface area contributed by atoms with Crippen LogP contribution in [0.1, 0.15) is 46.6 Å². The summed E-state index contributed by atoms with van der Waals surface area (Å²) in [6.07, 6.45) is 1.94. The molecule has 100 valence electrons. The molecule has 1 aromatic rings. The number of sulfone groups is 1. The Kier molecular flexibility index (Phi) is 3.36. The normalized spacial score (nSPS) is 22.9. The summed E-state index contributed by atoms with van der Waals surface area (Å²) in [5.74, 6) is -0.121. The Morgan fingerprint density at radius 3 is 2.33 bits per heavy atom. The van der Waals surface area contributed by atoms with E-state index in [2.05, 4.69) is 4.98 Å². The monoisotopic (exact) mass is 269 g/mol. The van der Waals surface area contributed by atoms with E-state index in [1.165, 1.54) is 0 Å². The summed E-state index contributed by atoms with van der Waals surface area (Å²) in [7, 11) is -3.26. The molecule has 0 spiro atoms. The zero-order valence-electron chi connectivity index (χ0n) is 11.0. The van der Waals surface area contributed by atoms with Crippen molar-refractivity contribution in [2.24, 2.45) is 0 Å². The van der Waals surface area contributed by atoms with Gasteiger partial charge in [0.15, 0.2) is 15.6 Å². The highest BCUT2D eigenvalue weighted by atomic mass is 32.2. The standard InChI is InChI=1S/C13H19NO3S/c1-8-9(2)12(14-10(8)3)13(15)11-6-4-5-7-18(11,16)17/h11,14H,4-7H2,1-3H3. The second-order valence-corrected chi connectivity index (χ2v) is 7.39. The Hall–Kier alpha value is -1.10. The topological polar surface area (TPSA) is 67.0 Å². The van der Waals surface area contributed by atoms with Gasteiger partial charge in [-0.05, 0) is 44.7 Å². The minimum Gasteiger partial charge on any atom is -0.356 e. The first-order chi connectivity index (χ1) is 8.34. The van der Waals surface area contributed by atoms with E-state index in [-0.39, 0.29) is 11.5 Å². The molecule has 1 unspecified atom stereocenters. The van der Waals surface area contributed by atoms with Crippen LogP contribution in [-0.2, 0) is 9.84 Å². The number of Topliss-reactive ketones (excluding diaryl/α,β-unsaturated/α-hetero) is 1. The zero-order chi connectivity index (χ0) is 13.5. The summed E-state index contributed by atoms with van der Waals surface area (Å²) in [6.45, 7) is 5.70. The zero-order valence-corrected chi connectivity index (χ0v) is 11.9. The average molecular weight is 269 g/mol. The van der Waals surface area contributed by atoms with Crippen LogP contribution in [0.25, 0.3) is 0 Å². The Balaban J connectivity index is 2.39. The van der Waals surface area contributed by atoms with Crippen LogP contribution in [-0.4, -0.2) is 30.2 Å². The highest BCUT2D eigenvalue weighted by Crippen LogP contribution is 2.25. The molecule has 0 aromatic carbocycles. The highest BCUT2D eigenvalue weighted by Gasteiger charge is 2.36. The summed E-state index contributed by atoms with van der Waals surface area (Å²) in [5, 5.41) is -0.845. The van der Waals surface area contributed by atoms with Crippen LogP contribution < -0.4 is 0 Å². The molecule has 5 heteroatoms. The molecule has 1 aliphatic rings. The van der Waals surface area contributed by atoms with E-state index in [4.69, 9.17) is 0 Å². The van der Waals surface area contributed by atoms with Crippen molar-refractivity contribution in [3.05, 3.63) is 22.5 Å². The third-order valence-corrected chi connectivity index (χ3v) is 6.10. The fourth-order valence-electron chi connectivity index (χ4n) is 2.50. The van der Waals surface area contributed by atoms with Crippen LogP contribution in [0, 0.1) is 20.8 Å². The van der Waals surface area contributed by atoms with Crippen molar-refractivity contribution in [1.29, 1.82) is 0 Å². The molecule has 1 atom stereocenters. The average Bonchev–Trinajstić information content (AvgIpc) is 2.56. The van der Waals surface area contributed by atoms with Crippen LogP contribution in [0.3, 0.4) is 0 Å². The number of hydrogen-bond donors (Lipinski definition) is 1. The molecule has 2 heterocycles. The minimum absolute atomic E-state index is 0.140.